The molecule has 0 fully saturated rings. The van der Waals surface area contributed by atoms with E-state index in [1.54, 1.807) is 0 Å². The highest BCUT2D eigenvalue weighted by atomic mass is 14.3. The first-order chi connectivity index (χ1) is 7.24. The summed E-state index contributed by atoms with van der Waals surface area (Å²) < 4.78 is 0. The van der Waals surface area contributed by atoms with Crippen molar-refractivity contribution in [3.8, 4) is 0 Å². The fourth-order valence-corrected chi connectivity index (χ4v) is 2.56. The molecule has 0 aliphatic rings. The maximum Gasteiger partial charge on any atom is -0.0300 e. The molecule has 0 rings (SSSR count). The first kappa shape index (κ1) is 15.0. The molecule has 0 bridgehead atoms. The second-order valence-corrected chi connectivity index (χ2v) is 5.16. The van der Waals surface area contributed by atoms with Gasteiger partial charge in [0.1, 0.15) is 0 Å². The molecule has 0 N–H and O–H groups in total. The van der Waals surface area contributed by atoms with Crippen LogP contribution in [-0.4, -0.2) is 0 Å². The van der Waals surface area contributed by atoms with Gasteiger partial charge in [-0.1, -0.05) is 72.6 Å². The minimum absolute atomic E-state index is 0.696. The average molecular weight is 212 g/mol. The average Bonchev–Trinajstić information content (AvgIpc) is 2.29. The summed E-state index contributed by atoms with van der Waals surface area (Å²) in [5.41, 5.74) is 0.696. The van der Waals surface area contributed by atoms with Gasteiger partial charge in [0.25, 0.3) is 0 Å². The van der Waals surface area contributed by atoms with E-state index in [0.29, 0.717) is 5.41 Å². The van der Waals surface area contributed by atoms with Gasteiger partial charge in [0.2, 0.25) is 0 Å². The van der Waals surface area contributed by atoms with E-state index in [0.717, 1.165) is 0 Å². The predicted octanol–water partition coefficient (Wildman–Crippen LogP) is 5.95. The second-order valence-electron chi connectivity index (χ2n) is 5.16. The van der Waals surface area contributed by atoms with Crippen LogP contribution in [-0.2, 0) is 0 Å². The highest BCUT2D eigenvalue weighted by Gasteiger charge is 2.25. The molecule has 0 spiro atoms. The molecule has 0 aliphatic heterocycles. The maximum absolute atomic E-state index is 2.40. The maximum atomic E-state index is 2.40. The van der Waals surface area contributed by atoms with Crippen LogP contribution in [0.15, 0.2) is 0 Å². The third-order valence-electron chi connectivity index (χ3n) is 3.93. The van der Waals surface area contributed by atoms with Gasteiger partial charge in [-0.25, -0.2) is 0 Å². The van der Waals surface area contributed by atoms with Crippen LogP contribution < -0.4 is 0 Å². The second kappa shape index (κ2) is 9.24. The first-order valence-electron chi connectivity index (χ1n) is 7.24. The van der Waals surface area contributed by atoms with E-state index in [-0.39, 0.29) is 0 Å². The van der Waals surface area contributed by atoms with E-state index >= 15 is 0 Å². The van der Waals surface area contributed by atoms with Crippen LogP contribution in [0.2, 0.25) is 0 Å². The van der Waals surface area contributed by atoms with Crippen molar-refractivity contribution in [1.29, 1.82) is 0 Å². The van der Waals surface area contributed by atoms with Gasteiger partial charge < -0.3 is 0 Å². The summed E-state index contributed by atoms with van der Waals surface area (Å²) in [5, 5.41) is 0. The van der Waals surface area contributed by atoms with Crippen molar-refractivity contribution in [2.45, 2.75) is 91.9 Å². The minimum atomic E-state index is 0.696. The van der Waals surface area contributed by atoms with Crippen LogP contribution in [0.1, 0.15) is 91.9 Å². The predicted molar refractivity (Wildman–Crippen MR) is 71.3 cm³/mol. The van der Waals surface area contributed by atoms with Gasteiger partial charge in [0.15, 0.2) is 0 Å². The summed E-state index contributed by atoms with van der Waals surface area (Å²) in [6, 6.07) is 0. The van der Waals surface area contributed by atoms with Gasteiger partial charge >= 0.3 is 0 Å². The first-order valence-corrected chi connectivity index (χ1v) is 7.24. The van der Waals surface area contributed by atoms with E-state index in [2.05, 4.69) is 27.7 Å². The van der Waals surface area contributed by atoms with Crippen molar-refractivity contribution >= 4 is 0 Å². The van der Waals surface area contributed by atoms with E-state index in [9.17, 15) is 0 Å². The third kappa shape index (κ3) is 6.22. The molecular weight excluding hydrogens is 180 g/mol. The van der Waals surface area contributed by atoms with E-state index in [1.807, 2.05) is 0 Å². The van der Waals surface area contributed by atoms with E-state index in [1.165, 1.54) is 64.2 Å². The summed E-state index contributed by atoms with van der Waals surface area (Å²) in [6.45, 7) is 9.36. The molecule has 0 heterocycles. The van der Waals surface area contributed by atoms with Crippen LogP contribution in [0.4, 0.5) is 0 Å². The van der Waals surface area contributed by atoms with Crippen LogP contribution in [0.3, 0.4) is 0 Å². The highest BCUT2D eigenvalue weighted by molar-refractivity contribution is 4.77. The number of hydrogen-bond acceptors (Lipinski definition) is 0. The van der Waals surface area contributed by atoms with Gasteiger partial charge in [0, 0.05) is 0 Å². The molecular formula is C15H32. The molecule has 0 nitrogen and oxygen atoms in total. The number of hydrogen-bond donors (Lipinski definition) is 0. The van der Waals surface area contributed by atoms with Crippen LogP contribution in [0.25, 0.3) is 0 Å². The van der Waals surface area contributed by atoms with Crippen LogP contribution in [0.5, 0.6) is 0 Å². The van der Waals surface area contributed by atoms with Crippen molar-refractivity contribution in [2.24, 2.45) is 5.41 Å². The summed E-state index contributed by atoms with van der Waals surface area (Å²) in [5.74, 6) is 0. The monoisotopic (exact) mass is 212 g/mol. The van der Waals surface area contributed by atoms with Crippen molar-refractivity contribution < 1.29 is 0 Å². The Hall–Kier alpha value is 0. The Morgan fingerprint density at radius 3 is 1.13 bits per heavy atom. The highest BCUT2D eigenvalue weighted by Crippen LogP contribution is 2.39. The summed E-state index contributed by atoms with van der Waals surface area (Å²) in [7, 11) is 0. The van der Waals surface area contributed by atoms with Crippen molar-refractivity contribution in [2.75, 3.05) is 0 Å². The SMILES string of the molecule is CCCCC(CC)(CCCC)CCCC. The normalized spacial score (nSPS) is 12.0. The van der Waals surface area contributed by atoms with Crippen LogP contribution in [0, 0.1) is 5.41 Å². The minimum Gasteiger partial charge on any atom is -0.0654 e. The van der Waals surface area contributed by atoms with Crippen molar-refractivity contribution in [1.82, 2.24) is 0 Å². The molecule has 0 aliphatic carbocycles. The third-order valence-corrected chi connectivity index (χ3v) is 3.93. The molecule has 0 atom stereocenters. The molecule has 0 unspecified atom stereocenters. The summed E-state index contributed by atoms with van der Waals surface area (Å²) in [6.07, 6.45) is 14.2. The Balaban J connectivity index is 4.16. The van der Waals surface area contributed by atoms with Gasteiger partial charge in [-0.05, 0) is 24.7 Å². The molecule has 0 amide bonds. The Bertz CT molecular complexity index is 104. The van der Waals surface area contributed by atoms with Gasteiger partial charge in [-0.2, -0.15) is 0 Å². The molecule has 0 aromatic heterocycles. The fraction of sp³-hybridized carbons (Fsp3) is 1.00. The Morgan fingerprint density at radius 2 is 0.933 bits per heavy atom. The molecule has 0 aromatic rings. The molecule has 0 radical (unpaired) electrons. The molecule has 15 heavy (non-hydrogen) atoms. The zero-order chi connectivity index (χ0) is 11.6. The summed E-state index contributed by atoms with van der Waals surface area (Å²) in [4.78, 5) is 0. The Labute approximate surface area is 97.8 Å². The lowest BCUT2D eigenvalue weighted by Gasteiger charge is -2.33. The lowest BCUT2D eigenvalue weighted by atomic mass is 9.72. The largest absolute Gasteiger partial charge is 0.0654 e. The standard InChI is InChI=1S/C15H32/c1-5-9-12-15(8-4,13-10-6-2)14-11-7-3/h5-14H2,1-4H3. The molecule has 0 aromatic carbocycles. The molecule has 0 saturated heterocycles. The van der Waals surface area contributed by atoms with Gasteiger partial charge in [-0.3, -0.25) is 0 Å². The molecule has 0 saturated carbocycles. The van der Waals surface area contributed by atoms with Crippen molar-refractivity contribution in [3.05, 3.63) is 0 Å². The molecule has 92 valence electrons. The van der Waals surface area contributed by atoms with Crippen LogP contribution >= 0.6 is 0 Å². The zero-order valence-electron chi connectivity index (χ0n) is 11.6. The Kier molecular flexibility index (Phi) is 9.24. The Morgan fingerprint density at radius 1 is 0.600 bits per heavy atom. The lowest BCUT2D eigenvalue weighted by molar-refractivity contribution is 0.191. The smallest absolute Gasteiger partial charge is 0.0300 e. The van der Waals surface area contributed by atoms with E-state index in [4.69, 9.17) is 0 Å². The number of rotatable bonds is 10. The molecule has 0 heteroatoms. The zero-order valence-corrected chi connectivity index (χ0v) is 11.6. The lowest BCUT2D eigenvalue weighted by Crippen LogP contribution is -2.20. The fourth-order valence-electron chi connectivity index (χ4n) is 2.56. The van der Waals surface area contributed by atoms with E-state index < -0.39 is 0 Å². The van der Waals surface area contributed by atoms with Crippen molar-refractivity contribution in [3.63, 3.8) is 0 Å². The summed E-state index contributed by atoms with van der Waals surface area (Å²) >= 11 is 0. The van der Waals surface area contributed by atoms with Gasteiger partial charge in [-0.15, -0.1) is 0 Å². The quantitative estimate of drug-likeness (QED) is 0.419. The van der Waals surface area contributed by atoms with Gasteiger partial charge in [0.05, 0.1) is 0 Å². The number of unbranched alkanes of at least 4 members (excludes halogenated alkanes) is 3. The topological polar surface area (TPSA) is 0 Å².